The maximum atomic E-state index is 10.9. The summed E-state index contributed by atoms with van der Waals surface area (Å²) < 4.78 is 0. The maximum absolute atomic E-state index is 10.9. The van der Waals surface area contributed by atoms with Crippen molar-refractivity contribution in [3.63, 3.8) is 0 Å². The number of nitrogens with zero attached hydrogens (tertiary/aromatic N) is 3. The molecule has 4 rings (SSSR count). The van der Waals surface area contributed by atoms with Gasteiger partial charge in [-0.2, -0.15) is 0 Å². The van der Waals surface area contributed by atoms with Crippen LogP contribution in [-0.4, -0.2) is 51.3 Å². The molecule has 2 aliphatic rings. The van der Waals surface area contributed by atoms with E-state index in [2.05, 4.69) is 16.9 Å². The van der Waals surface area contributed by atoms with E-state index in [-0.39, 0.29) is 0 Å². The SMILES string of the molecule is CN1CCC2c3c(Cl)nc(SCc4ccc(C(=O)O)cc4)nc3SC2C1. The zero-order valence-electron chi connectivity index (χ0n) is 14.2. The van der Waals surface area contributed by atoms with Crippen LogP contribution < -0.4 is 0 Å². The monoisotopic (exact) mass is 407 g/mol. The van der Waals surface area contributed by atoms with Gasteiger partial charge in [-0.25, -0.2) is 14.8 Å². The normalized spacial score (nSPS) is 22.1. The van der Waals surface area contributed by atoms with Crippen molar-refractivity contribution in [1.82, 2.24) is 14.9 Å². The molecule has 1 aromatic heterocycles. The Labute approximate surface area is 165 Å². The van der Waals surface area contributed by atoms with E-state index in [4.69, 9.17) is 21.7 Å². The van der Waals surface area contributed by atoms with Crippen molar-refractivity contribution in [3.8, 4) is 0 Å². The van der Waals surface area contributed by atoms with Crippen LogP contribution in [0.3, 0.4) is 0 Å². The van der Waals surface area contributed by atoms with E-state index < -0.39 is 5.97 Å². The first-order valence-electron chi connectivity index (χ1n) is 8.39. The van der Waals surface area contributed by atoms with Crippen molar-refractivity contribution >= 4 is 41.1 Å². The number of hydrogen-bond donors (Lipinski definition) is 1. The average Bonchev–Trinajstić information content (AvgIpc) is 2.98. The summed E-state index contributed by atoms with van der Waals surface area (Å²) in [6.45, 7) is 2.14. The van der Waals surface area contributed by atoms with Crippen LogP contribution in [-0.2, 0) is 5.75 Å². The lowest BCUT2D eigenvalue weighted by Gasteiger charge is -2.31. The molecule has 8 heteroatoms. The number of hydrogen-bond acceptors (Lipinski definition) is 6. The minimum atomic E-state index is -0.915. The van der Waals surface area contributed by atoms with E-state index in [9.17, 15) is 4.79 Å². The lowest BCUT2D eigenvalue weighted by Crippen LogP contribution is -2.36. The smallest absolute Gasteiger partial charge is 0.335 e. The molecule has 1 aromatic carbocycles. The Hall–Kier alpha value is -1.28. The van der Waals surface area contributed by atoms with Crippen molar-refractivity contribution in [2.45, 2.75) is 33.5 Å². The first-order valence-corrected chi connectivity index (χ1v) is 10.6. The largest absolute Gasteiger partial charge is 0.478 e. The Morgan fingerprint density at radius 1 is 1.38 bits per heavy atom. The second-order valence-electron chi connectivity index (χ2n) is 6.62. The molecule has 26 heavy (non-hydrogen) atoms. The molecule has 1 N–H and O–H groups in total. The first-order chi connectivity index (χ1) is 12.5. The highest BCUT2D eigenvalue weighted by molar-refractivity contribution is 8.00. The van der Waals surface area contributed by atoms with Crippen LogP contribution in [0, 0.1) is 0 Å². The zero-order valence-corrected chi connectivity index (χ0v) is 16.6. The molecule has 2 aliphatic heterocycles. The number of likely N-dealkylation sites (tertiary alicyclic amines) is 1. The van der Waals surface area contributed by atoms with E-state index in [0.717, 1.165) is 35.7 Å². The van der Waals surface area contributed by atoms with Gasteiger partial charge in [0.1, 0.15) is 10.2 Å². The number of carbonyl (C=O) groups is 1. The zero-order chi connectivity index (χ0) is 18.3. The summed E-state index contributed by atoms with van der Waals surface area (Å²) in [6.07, 6.45) is 1.10. The number of fused-ring (bicyclic) bond motifs is 3. The summed E-state index contributed by atoms with van der Waals surface area (Å²) in [4.78, 5) is 22.5. The van der Waals surface area contributed by atoms with E-state index in [1.807, 2.05) is 23.9 Å². The predicted octanol–water partition coefficient (Wildman–Crippen LogP) is 4.01. The first kappa shape index (κ1) is 18.1. The Kier molecular flexibility index (Phi) is 5.14. The van der Waals surface area contributed by atoms with Crippen LogP contribution in [0.2, 0.25) is 5.15 Å². The van der Waals surface area contributed by atoms with Gasteiger partial charge in [0, 0.05) is 29.0 Å². The lowest BCUT2D eigenvalue weighted by molar-refractivity contribution is 0.0697. The number of piperidine rings is 1. The quantitative estimate of drug-likeness (QED) is 0.466. The van der Waals surface area contributed by atoms with Gasteiger partial charge < -0.3 is 10.0 Å². The predicted molar refractivity (Wildman–Crippen MR) is 105 cm³/mol. The third-order valence-electron chi connectivity index (χ3n) is 4.81. The summed E-state index contributed by atoms with van der Waals surface area (Å²) >= 11 is 9.86. The third-order valence-corrected chi connectivity index (χ3v) is 7.33. The Morgan fingerprint density at radius 3 is 2.88 bits per heavy atom. The molecule has 3 heterocycles. The van der Waals surface area contributed by atoms with Gasteiger partial charge in [-0.15, -0.1) is 11.8 Å². The highest BCUT2D eigenvalue weighted by Gasteiger charge is 2.40. The van der Waals surface area contributed by atoms with Crippen molar-refractivity contribution in [2.75, 3.05) is 20.1 Å². The van der Waals surface area contributed by atoms with Gasteiger partial charge in [0.25, 0.3) is 0 Å². The molecule has 1 saturated heterocycles. The van der Waals surface area contributed by atoms with Crippen LogP contribution in [0.15, 0.2) is 34.4 Å². The van der Waals surface area contributed by atoms with E-state index >= 15 is 0 Å². The standard InChI is InChI=1S/C18H18ClN3O2S2/c1-22-7-6-12-13(8-22)26-16-14(12)15(19)20-18(21-16)25-9-10-2-4-11(5-3-10)17(23)24/h2-5,12-13H,6-9H2,1H3,(H,23,24). The molecule has 0 amide bonds. The molecule has 136 valence electrons. The second kappa shape index (κ2) is 7.38. The van der Waals surface area contributed by atoms with E-state index in [1.54, 1.807) is 12.1 Å². The van der Waals surface area contributed by atoms with Crippen molar-refractivity contribution in [2.24, 2.45) is 0 Å². The third kappa shape index (κ3) is 3.58. The van der Waals surface area contributed by atoms with Crippen molar-refractivity contribution in [3.05, 3.63) is 46.1 Å². The number of thioether (sulfide) groups is 2. The topological polar surface area (TPSA) is 66.3 Å². The number of halogens is 1. The highest BCUT2D eigenvalue weighted by Crippen LogP contribution is 2.50. The fraction of sp³-hybridized carbons (Fsp3) is 0.389. The molecule has 1 fully saturated rings. The molecule has 2 unspecified atom stereocenters. The second-order valence-corrected chi connectivity index (χ2v) is 9.15. The van der Waals surface area contributed by atoms with Crippen LogP contribution in [0.1, 0.15) is 33.8 Å². The summed E-state index contributed by atoms with van der Waals surface area (Å²) in [5.74, 6) is 0.221. The van der Waals surface area contributed by atoms with Crippen molar-refractivity contribution < 1.29 is 9.90 Å². The van der Waals surface area contributed by atoms with Gasteiger partial charge in [-0.05, 0) is 37.7 Å². The number of carboxylic acid groups (broad SMARTS) is 1. The van der Waals surface area contributed by atoms with E-state index in [1.165, 1.54) is 11.8 Å². The number of carboxylic acids is 1. The molecule has 0 bridgehead atoms. The number of rotatable bonds is 4. The summed E-state index contributed by atoms with van der Waals surface area (Å²) in [7, 11) is 2.16. The molecular weight excluding hydrogens is 390 g/mol. The maximum Gasteiger partial charge on any atom is 0.335 e. The van der Waals surface area contributed by atoms with Crippen LogP contribution in [0.5, 0.6) is 0 Å². The van der Waals surface area contributed by atoms with E-state index in [0.29, 0.717) is 32.8 Å². The average molecular weight is 408 g/mol. The molecule has 0 spiro atoms. The molecule has 5 nitrogen and oxygen atoms in total. The Balaban J connectivity index is 1.48. The fourth-order valence-electron chi connectivity index (χ4n) is 3.43. The van der Waals surface area contributed by atoms with Crippen LogP contribution in [0.4, 0.5) is 0 Å². The van der Waals surface area contributed by atoms with Gasteiger partial charge in [0.2, 0.25) is 0 Å². The van der Waals surface area contributed by atoms with Crippen molar-refractivity contribution in [1.29, 1.82) is 0 Å². The molecule has 2 aromatic rings. The van der Waals surface area contributed by atoms with Gasteiger partial charge in [0.15, 0.2) is 5.16 Å². The molecule has 0 radical (unpaired) electrons. The van der Waals surface area contributed by atoms with Crippen LogP contribution in [0.25, 0.3) is 0 Å². The minimum absolute atomic E-state index is 0.291. The number of aromatic nitrogens is 2. The highest BCUT2D eigenvalue weighted by atomic mass is 35.5. The molecule has 2 atom stereocenters. The van der Waals surface area contributed by atoms with Gasteiger partial charge in [-0.1, -0.05) is 35.5 Å². The van der Waals surface area contributed by atoms with Gasteiger partial charge in [0.05, 0.1) is 5.56 Å². The summed E-state index contributed by atoms with van der Waals surface area (Å²) in [5.41, 5.74) is 2.45. The fourth-order valence-corrected chi connectivity index (χ4v) is 6.27. The molecule has 0 aliphatic carbocycles. The number of aromatic carboxylic acids is 1. The Morgan fingerprint density at radius 2 is 2.15 bits per heavy atom. The molecular formula is C18H18ClN3O2S2. The van der Waals surface area contributed by atoms with Crippen LogP contribution >= 0.6 is 35.1 Å². The minimum Gasteiger partial charge on any atom is -0.478 e. The number of benzene rings is 1. The molecule has 0 saturated carbocycles. The summed E-state index contributed by atoms with van der Waals surface area (Å²) in [5, 5.41) is 11.8. The van der Waals surface area contributed by atoms with Gasteiger partial charge >= 0.3 is 5.97 Å². The van der Waals surface area contributed by atoms with Gasteiger partial charge in [-0.3, -0.25) is 0 Å². The lowest BCUT2D eigenvalue weighted by atomic mass is 9.91. The summed E-state index contributed by atoms with van der Waals surface area (Å²) in [6, 6.07) is 6.88. The Bertz CT molecular complexity index is 847.